The van der Waals surface area contributed by atoms with Crippen molar-refractivity contribution in [3.8, 4) is 22.6 Å². The maximum Gasteiger partial charge on any atom is 0.422 e. The molecule has 0 fully saturated rings. The molecule has 0 amide bonds. The Labute approximate surface area is 202 Å². The van der Waals surface area contributed by atoms with Gasteiger partial charge in [0.25, 0.3) is 0 Å². The topological polar surface area (TPSA) is 18.5 Å². The summed E-state index contributed by atoms with van der Waals surface area (Å²) in [7, 11) is 0. The molecule has 0 saturated heterocycles. The molecule has 0 aliphatic heterocycles. The molecule has 1 unspecified atom stereocenters. The van der Waals surface area contributed by atoms with E-state index in [1.165, 1.54) is 13.0 Å². The second kappa shape index (κ2) is 9.27. The highest BCUT2D eigenvalue weighted by Crippen LogP contribution is 2.60. The summed E-state index contributed by atoms with van der Waals surface area (Å²) in [6.45, 7) is 3.30. The summed E-state index contributed by atoms with van der Waals surface area (Å²) in [6, 6.07) is 3.26. The van der Waals surface area contributed by atoms with E-state index in [1.54, 1.807) is 0 Å². The van der Waals surface area contributed by atoms with Crippen molar-refractivity contribution in [3.63, 3.8) is 0 Å². The van der Waals surface area contributed by atoms with Gasteiger partial charge < -0.3 is 9.47 Å². The van der Waals surface area contributed by atoms with Crippen LogP contribution in [0, 0.1) is 17.6 Å². The average molecular weight is 520 g/mol. The molecule has 2 aliphatic carbocycles. The molecule has 0 bridgehead atoms. The minimum Gasteiger partial charge on any atom is -0.491 e. The molecule has 0 aromatic heterocycles. The molecule has 2 aromatic rings. The zero-order valence-corrected chi connectivity index (χ0v) is 19.5. The van der Waals surface area contributed by atoms with Crippen LogP contribution in [0.2, 0.25) is 0 Å². The minimum atomic E-state index is -5.27. The molecule has 2 aromatic carbocycles. The van der Waals surface area contributed by atoms with Gasteiger partial charge in [-0.15, -0.1) is 0 Å². The third-order valence-electron chi connectivity index (χ3n) is 6.65. The van der Waals surface area contributed by atoms with Crippen LogP contribution in [0.5, 0.6) is 11.5 Å². The van der Waals surface area contributed by atoms with Crippen LogP contribution >= 0.6 is 0 Å². The Morgan fingerprint density at radius 2 is 1.44 bits per heavy atom. The number of allylic oxidation sites excluding steroid dienone is 1. The van der Waals surface area contributed by atoms with Gasteiger partial charge in [-0.05, 0) is 67.5 Å². The van der Waals surface area contributed by atoms with E-state index >= 15 is 13.2 Å². The van der Waals surface area contributed by atoms with E-state index in [9.17, 15) is 22.0 Å². The maximum atomic E-state index is 15.2. The molecule has 0 saturated carbocycles. The number of alkyl halides is 6. The largest absolute Gasteiger partial charge is 0.491 e. The van der Waals surface area contributed by atoms with E-state index < -0.39 is 68.9 Å². The first-order chi connectivity index (χ1) is 16.9. The molecule has 0 heterocycles. The molecule has 0 N–H and O–H groups in total. The van der Waals surface area contributed by atoms with Gasteiger partial charge in [0.2, 0.25) is 0 Å². The first-order valence-corrected chi connectivity index (χ1v) is 11.7. The minimum absolute atomic E-state index is 0.0345. The summed E-state index contributed by atoms with van der Waals surface area (Å²) in [5.74, 6) is -16.0. The second-order valence-corrected chi connectivity index (χ2v) is 8.96. The third kappa shape index (κ3) is 4.12. The summed E-state index contributed by atoms with van der Waals surface area (Å²) in [4.78, 5) is 0. The fraction of sp³-hybridized carbons (Fsp3) is 0.462. The molecule has 36 heavy (non-hydrogen) atoms. The monoisotopic (exact) mass is 520 g/mol. The quantitative estimate of drug-likeness (QED) is 0.269. The lowest BCUT2D eigenvalue weighted by atomic mass is 9.79. The number of hydrogen-bond acceptors (Lipinski definition) is 2. The van der Waals surface area contributed by atoms with Gasteiger partial charge in [0.1, 0.15) is 0 Å². The fourth-order valence-corrected chi connectivity index (χ4v) is 4.86. The van der Waals surface area contributed by atoms with Crippen molar-refractivity contribution in [2.75, 3.05) is 6.61 Å². The van der Waals surface area contributed by atoms with Crippen LogP contribution in [0.3, 0.4) is 0 Å². The Hall–Kier alpha value is -2.78. The lowest BCUT2D eigenvalue weighted by Crippen LogP contribution is -2.41. The van der Waals surface area contributed by atoms with Crippen molar-refractivity contribution in [2.45, 2.75) is 63.9 Å². The lowest BCUT2D eigenvalue weighted by Gasteiger charge is -2.36. The summed E-state index contributed by atoms with van der Waals surface area (Å²) >= 11 is 0. The van der Waals surface area contributed by atoms with Gasteiger partial charge in [-0.25, -0.2) is 8.78 Å². The highest BCUT2D eigenvalue weighted by molar-refractivity contribution is 5.78. The SMILES string of the molecule is CCCC1CC=C(C(F)(F)Oc2ccc3c(c2F)C(F)(F)C(F)(F)c2c-3ccc(OCC)c2F)CC1. The Morgan fingerprint density at radius 3 is 1.94 bits per heavy atom. The van der Waals surface area contributed by atoms with E-state index in [1.807, 2.05) is 6.92 Å². The standard InChI is InChI=1S/C26H24F8O2/c1-3-5-14-6-8-15(9-7-14)26(33,34)36-19-13-11-17-16-10-12-18(35-4-2)22(27)20(16)24(29,30)25(31,32)21(17)23(19)28/h8,10-14H,3-7,9H2,1-2H3. The van der Waals surface area contributed by atoms with Crippen molar-refractivity contribution in [2.24, 2.45) is 5.92 Å². The Bertz CT molecular complexity index is 1190. The molecule has 0 spiro atoms. The van der Waals surface area contributed by atoms with E-state index in [0.717, 1.165) is 31.0 Å². The number of fused-ring (bicyclic) bond motifs is 3. The van der Waals surface area contributed by atoms with Crippen molar-refractivity contribution in [3.05, 3.63) is 58.7 Å². The van der Waals surface area contributed by atoms with Gasteiger partial charge in [0.05, 0.1) is 17.7 Å². The van der Waals surface area contributed by atoms with Gasteiger partial charge in [-0.3, -0.25) is 0 Å². The third-order valence-corrected chi connectivity index (χ3v) is 6.65. The first kappa shape index (κ1) is 26.3. The molecule has 196 valence electrons. The normalized spacial score (nSPS) is 20.3. The maximum absolute atomic E-state index is 15.2. The summed E-state index contributed by atoms with van der Waals surface area (Å²) < 4.78 is 129. The first-order valence-electron chi connectivity index (χ1n) is 11.7. The predicted octanol–water partition coefficient (Wildman–Crippen LogP) is 8.73. The van der Waals surface area contributed by atoms with Gasteiger partial charge in [0, 0.05) is 5.57 Å². The second-order valence-electron chi connectivity index (χ2n) is 8.96. The van der Waals surface area contributed by atoms with Crippen molar-refractivity contribution in [1.82, 2.24) is 0 Å². The molecule has 2 nitrogen and oxygen atoms in total. The van der Waals surface area contributed by atoms with E-state index in [2.05, 4.69) is 4.74 Å². The number of benzene rings is 2. The molecule has 0 radical (unpaired) electrons. The average Bonchev–Trinajstić information content (AvgIpc) is 2.81. The van der Waals surface area contributed by atoms with Crippen molar-refractivity contribution in [1.29, 1.82) is 0 Å². The summed E-state index contributed by atoms with van der Waals surface area (Å²) in [5, 5.41) is 0. The van der Waals surface area contributed by atoms with E-state index in [0.29, 0.717) is 18.9 Å². The lowest BCUT2D eigenvalue weighted by molar-refractivity contribution is -0.228. The molecule has 4 rings (SSSR count). The Morgan fingerprint density at radius 1 is 0.889 bits per heavy atom. The van der Waals surface area contributed by atoms with Crippen LogP contribution in [0.15, 0.2) is 35.9 Å². The fourth-order valence-electron chi connectivity index (χ4n) is 4.86. The van der Waals surface area contributed by atoms with E-state index in [4.69, 9.17) is 4.74 Å². The molecule has 10 heteroatoms. The molecule has 2 aliphatic rings. The summed E-state index contributed by atoms with van der Waals surface area (Å²) in [5.41, 5.74) is -5.37. The van der Waals surface area contributed by atoms with Gasteiger partial charge >= 0.3 is 18.0 Å². The zero-order chi connectivity index (χ0) is 26.5. The van der Waals surface area contributed by atoms with E-state index in [-0.39, 0.29) is 18.9 Å². The smallest absolute Gasteiger partial charge is 0.422 e. The zero-order valence-electron chi connectivity index (χ0n) is 19.5. The molecular weight excluding hydrogens is 496 g/mol. The van der Waals surface area contributed by atoms with Gasteiger partial charge in [-0.1, -0.05) is 25.8 Å². The highest BCUT2D eigenvalue weighted by atomic mass is 19.3. The van der Waals surface area contributed by atoms with Crippen LogP contribution in [0.25, 0.3) is 11.1 Å². The number of hydrogen-bond donors (Lipinski definition) is 0. The van der Waals surface area contributed by atoms with Gasteiger partial charge in [0.15, 0.2) is 23.1 Å². The summed E-state index contributed by atoms with van der Waals surface area (Å²) in [6.07, 6.45) is -0.208. The number of halogens is 8. The Balaban J connectivity index is 1.77. The van der Waals surface area contributed by atoms with Crippen molar-refractivity contribution >= 4 is 0 Å². The molecular formula is C26H24F8O2. The van der Waals surface area contributed by atoms with Crippen LogP contribution in [-0.4, -0.2) is 12.7 Å². The van der Waals surface area contributed by atoms with Crippen LogP contribution in [0.4, 0.5) is 35.1 Å². The van der Waals surface area contributed by atoms with Crippen LogP contribution in [0.1, 0.15) is 57.1 Å². The van der Waals surface area contributed by atoms with Crippen LogP contribution < -0.4 is 9.47 Å². The van der Waals surface area contributed by atoms with Gasteiger partial charge in [-0.2, -0.15) is 26.3 Å². The van der Waals surface area contributed by atoms with Crippen molar-refractivity contribution < 1.29 is 44.6 Å². The predicted molar refractivity (Wildman–Crippen MR) is 117 cm³/mol. The highest BCUT2D eigenvalue weighted by Gasteiger charge is 2.65. The number of rotatable bonds is 7. The Kier molecular flexibility index (Phi) is 6.77. The molecule has 1 atom stereocenters. The number of ether oxygens (including phenoxy) is 2. The van der Waals surface area contributed by atoms with Crippen LogP contribution in [-0.2, 0) is 11.8 Å².